The number of ether oxygens (including phenoxy) is 1. The summed E-state index contributed by atoms with van der Waals surface area (Å²) in [5.41, 5.74) is 1.77. The Balaban J connectivity index is 1.90. The van der Waals surface area contributed by atoms with E-state index in [9.17, 15) is 9.90 Å². The number of amides is 1. The van der Waals surface area contributed by atoms with Crippen molar-refractivity contribution in [1.82, 2.24) is 5.32 Å². The predicted octanol–water partition coefficient (Wildman–Crippen LogP) is 1.71. The van der Waals surface area contributed by atoms with Gasteiger partial charge < -0.3 is 15.2 Å². The third kappa shape index (κ3) is 3.47. The van der Waals surface area contributed by atoms with Gasteiger partial charge in [0, 0.05) is 6.04 Å². The van der Waals surface area contributed by atoms with Gasteiger partial charge in [0.1, 0.15) is 5.75 Å². The highest BCUT2D eigenvalue weighted by Crippen LogP contribution is 2.23. The summed E-state index contributed by atoms with van der Waals surface area (Å²) in [6, 6.07) is 5.84. The molecule has 0 saturated heterocycles. The van der Waals surface area contributed by atoms with E-state index < -0.39 is 6.10 Å². The van der Waals surface area contributed by atoms with Crippen LogP contribution in [-0.2, 0) is 4.79 Å². The fraction of sp³-hybridized carbons (Fsp3) is 0.500. The van der Waals surface area contributed by atoms with Crippen molar-refractivity contribution in [2.75, 3.05) is 6.61 Å². The molecule has 0 bridgehead atoms. The lowest BCUT2D eigenvalue weighted by Crippen LogP contribution is -2.30. The molecule has 0 unspecified atom stereocenters. The Morgan fingerprint density at radius 2 is 2.28 bits per heavy atom. The van der Waals surface area contributed by atoms with Crippen LogP contribution in [0.1, 0.15) is 37.0 Å². The van der Waals surface area contributed by atoms with Crippen molar-refractivity contribution < 1.29 is 14.6 Å². The number of carbonyl (C=O) groups is 1. The highest BCUT2D eigenvalue weighted by Gasteiger charge is 2.23. The molecule has 1 aliphatic rings. The first kappa shape index (κ1) is 12.9. The molecule has 1 aromatic carbocycles. The number of aliphatic hydroxyl groups excluding tert-OH is 1. The highest BCUT2D eigenvalue weighted by molar-refractivity contribution is 5.78. The fourth-order valence-electron chi connectivity index (χ4n) is 1.73. The van der Waals surface area contributed by atoms with Gasteiger partial charge >= 0.3 is 0 Å². The smallest absolute Gasteiger partial charge is 0.258 e. The van der Waals surface area contributed by atoms with E-state index in [0.717, 1.165) is 24.0 Å². The first-order chi connectivity index (χ1) is 8.56. The minimum absolute atomic E-state index is 0.0470. The number of rotatable bonds is 5. The molecule has 0 heterocycles. The van der Waals surface area contributed by atoms with Gasteiger partial charge in [0.25, 0.3) is 5.91 Å². The maximum Gasteiger partial charge on any atom is 0.258 e. The standard InChI is InChI=1S/C14H19NO3/c1-9-7-11(10(2)16)3-6-13(9)18-8-14(17)15-12-4-5-12/h3,6-7,10,12,16H,4-5,8H2,1-2H3,(H,15,17)/t10-/m0/s1. The van der Waals surface area contributed by atoms with Crippen molar-refractivity contribution >= 4 is 5.91 Å². The van der Waals surface area contributed by atoms with Crippen molar-refractivity contribution in [1.29, 1.82) is 0 Å². The van der Waals surface area contributed by atoms with Gasteiger partial charge in [0.15, 0.2) is 6.61 Å². The summed E-state index contributed by atoms with van der Waals surface area (Å²) in [6.45, 7) is 3.67. The molecule has 0 aliphatic heterocycles. The number of aliphatic hydroxyl groups is 1. The average Bonchev–Trinajstić information content (AvgIpc) is 3.11. The number of hydrogen-bond donors (Lipinski definition) is 2. The maximum absolute atomic E-state index is 11.5. The van der Waals surface area contributed by atoms with E-state index in [4.69, 9.17) is 4.74 Å². The van der Waals surface area contributed by atoms with Crippen LogP contribution >= 0.6 is 0 Å². The Labute approximate surface area is 107 Å². The van der Waals surface area contributed by atoms with E-state index in [1.54, 1.807) is 13.0 Å². The van der Waals surface area contributed by atoms with Crippen molar-refractivity contribution in [2.24, 2.45) is 0 Å². The monoisotopic (exact) mass is 249 g/mol. The van der Waals surface area contributed by atoms with Gasteiger partial charge in [-0.2, -0.15) is 0 Å². The van der Waals surface area contributed by atoms with Crippen LogP contribution in [0, 0.1) is 6.92 Å². The quantitative estimate of drug-likeness (QED) is 0.835. The summed E-state index contributed by atoms with van der Waals surface area (Å²) in [4.78, 5) is 11.5. The average molecular weight is 249 g/mol. The van der Waals surface area contributed by atoms with Crippen LogP contribution in [0.25, 0.3) is 0 Å². The van der Waals surface area contributed by atoms with Crippen LogP contribution in [0.5, 0.6) is 5.75 Å². The van der Waals surface area contributed by atoms with E-state index in [1.807, 2.05) is 19.1 Å². The molecule has 4 nitrogen and oxygen atoms in total. The Morgan fingerprint density at radius 3 is 2.83 bits per heavy atom. The first-order valence-corrected chi connectivity index (χ1v) is 6.27. The van der Waals surface area contributed by atoms with Crippen molar-refractivity contribution in [3.63, 3.8) is 0 Å². The van der Waals surface area contributed by atoms with Crippen molar-refractivity contribution in [3.8, 4) is 5.75 Å². The lowest BCUT2D eigenvalue weighted by molar-refractivity contribution is -0.123. The number of nitrogens with one attached hydrogen (secondary N) is 1. The van der Waals surface area contributed by atoms with Crippen LogP contribution in [0.4, 0.5) is 0 Å². The van der Waals surface area contributed by atoms with Crippen LogP contribution in [0.15, 0.2) is 18.2 Å². The summed E-state index contributed by atoms with van der Waals surface area (Å²) in [6.07, 6.45) is 1.66. The van der Waals surface area contributed by atoms with E-state index >= 15 is 0 Å². The molecule has 1 aliphatic carbocycles. The van der Waals surface area contributed by atoms with Gasteiger partial charge in [-0.05, 0) is 49.9 Å². The second-order valence-electron chi connectivity index (χ2n) is 4.83. The Morgan fingerprint density at radius 1 is 1.56 bits per heavy atom. The molecule has 1 fully saturated rings. The topological polar surface area (TPSA) is 58.6 Å². The molecule has 2 N–H and O–H groups in total. The molecule has 1 saturated carbocycles. The molecule has 0 spiro atoms. The Kier molecular flexibility index (Phi) is 3.87. The molecule has 0 radical (unpaired) electrons. The molecule has 0 aromatic heterocycles. The summed E-state index contributed by atoms with van der Waals surface area (Å²) in [5, 5.41) is 12.3. The zero-order valence-electron chi connectivity index (χ0n) is 10.8. The largest absolute Gasteiger partial charge is 0.484 e. The van der Waals surface area contributed by atoms with Gasteiger partial charge in [-0.1, -0.05) is 6.07 Å². The lowest BCUT2D eigenvalue weighted by Gasteiger charge is -2.11. The second-order valence-corrected chi connectivity index (χ2v) is 4.83. The van der Waals surface area contributed by atoms with Gasteiger partial charge in [-0.15, -0.1) is 0 Å². The molecule has 2 rings (SSSR count). The van der Waals surface area contributed by atoms with E-state index in [0.29, 0.717) is 11.8 Å². The molecule has 18 heavy (non-hydrogen) atoms. The number of benzene rings is 1. The maximum atomic E-state index is 11.5. The fourth-order valence-corrected chi connectivity index (χ4v) is 1.73. The van der Waals surface area contributed by atoms with Gasteiger partial charge in [0.05, 0.1) is 6.10 Å². The summed E-state index contributed by atoms with van der Waals surface area (Å²) < 4.78 is 5.47. The molecular weight excluding hydrogens is 230 g/mol. The number of carbonyl (C=O) groups excluding carboxylic acids is 1. The third-order valence-corrected chi connectivity index (χ3v) is 2.98. The van der Waals surface area contributed by atoms with E-state index in [1.165, 1.54) is 0 Å². The first-order valence-electron chi connectivity index (χ1n) is 6.27. The zero-order valence-corrected chi connectivity index (χ0v) is 10.8. The molecular formula is C14H19NO3. The van der Waals surface area contributed by atoms with Crippen LogP contribution in [-0.4, -0.2) is 23.7 Å². The van der Waals surface area contributed by atoms with Gasteiger partial charge in [0.2, 0.25) is 0 Å². The van der Waals surface area contributed by atoms with Crippen molar-refractivity contribution in [3.05, 3.63) is 29.3 Å². The van der Waals surface area contributed by atoms with Crippen LogP contribution < -0.4 is 10.1 Å². The van der Waals surface area contributed by atoms with Crippen LogP contribution in [0.3, 0.4) is 0 Å². The summed E-state index contributed by atoms with van der Waals surface area (Å²) >= 11 is 0. The number of aryl methyl sites for hydroxylation is 1. The van der Waals surface area contributed by atoms with Crippen LogP contribution in [0.2, 0.25) is 0 Å². The highest BCUT2D eigenvalue weighted by atomic mass is 16.5. The van der Waals surface area contributed by atoms with E-state index in [2.05, 4.69) is 5.32 Å². The van der Waals surface area contributed by atoms with Crippen molar-refractivity contribution in [2.45, 2.75) is 38.8 Å². The minimum atomic E-state index is -0.490. The predicted molar refractivity (Wildman–Crippen MR) is 68.5 cm³/mol. The third-order valence-electron chi connectivity index (χ3n) is 2.98. The zero-order chi connectivity index (χ0) is 13.1. The number of hydrogen-bond acceptors (Lipinski definition) is 3. The van der Waals surface area contributed by atoms with Gasteiger partial charge in [-0.25, -0.2) is 0 Å². The van der Waals surface area contributed by atoms with Gasteiger partial charge in [-0.3, -0.25) is 4.79 Å². The molecule has 98 valence electrons. The summed E-state index contributed by atoms with van der Waals surface area (Å²) in [7, 11) is 0. The second kappa shape index (κ2) is 5.40. The molecule has 4 heteroatoms. The molecule has 1 amide bonds. The minimum Gasteiger partial charge on any atom is -0.484 e. The Bertz CT molecular complexity index is 439. The SMILES string of the molecule is Cc1cc([C@H](C)O)ccc1OCC(=O)NC1CC1. The summed E-state index contributed by atoms with van der Waals surface area (Å²) in [5.74, 6) is 0.613. The van der Waals surface area contributed by atoms with E-state index in [-0.39, 0.29) is 12.5 Å². The molecule has 1 atom stereocenters. The Hall–Kier alpha value is -1.55. The molecule has 1 aromatic rings. The normalized spacial score (nSPS) is 16.2. The lowest BCUT2D eigenvalue weighted by atomic mass is 10.1.